The minimum absolute atomic E-state index is 0.140. The van der Waals surface area contributed by atoms with E-state index in [-0.39, 0.29) is 12.5 Å². The number of benzene rings is 1. The fraction of sp³-hybridized carbons (Fsp3) is 0.529. The molecule has 2 atom stereocenters. The molecule has 1 unspecified atom stereocenters. The highest BCUT2D eigenvalue weighted by atomic mass is 32.2. The van der Waals surface area contributed by atoms with Crippen LogP contribution in [0.15, 0.2) is 30.3 Å². The highest BCUT2D eigenvalue weighted by Gasteiger charge is 2.38. The molecular formula is C17H25N3O5S. The van der Waals surface area contributed by atoms with Crippen molar-refractivity contribution in [2.24, 2.45) is 0 Å². The Bertz CT molecular complexity index is 736. The fourth-order valence-corrected chi connectivity index (χ4v) is 4.30. The molecule has 1 amide bonds. The van der Waals surface area contributed by atoms with Crippen molar-refractivity contribution >= 4 is 22.1 Å². The van der Waals surface area contributed by atoms with Crippen molar-refractivity contribution in [1.82, 2.24) is 14.3 Å². The highest BCUT2D eigenvalue weighted by Crippen LogP contribution is 2.20. The summed E-state index contributed by atoms with van der Waals surface area (Å²) in [5, 5.41) is 9.31. The smallest absolute Gasteiger partial charge is 0.326 e. The summed E-state index contributed by atoms with van der Waals surface area (Å²) in [5.41, 5.74) is 0.782. The molecule has 1 fully saturated rings. The average Bonchev–Trinajstić information content (AvgIpc) is 3.03. The van der Waals surface area contributed by atoms with Crippen LogP contribution < -0.4 is 9.44 Å². The van der Waals surface area contributed by atoms with Crippen molar-refractivity contribution < 1.29 is 23.1 Å². The Morgan fingerprint density at radius 3 is 2.46 bits per heavy atom. The predicted molar refractivity (Wildman–Crippen MR) is 96.6 cm³/mol. The van der Waals surface area contributed by atoms with E-state index in [4.69, 9.17) is 0 Å². The van der Waals surface area contributed by atoms with E-state index >= 15 is 0 Å². The van der Waals surface area contributed by atoms with Gasteiger partial charge in [0.2, 0.25) is 5.91 Å². The van der Waals surface area contributed by atoms with Crippen LogP contribution in [0, 0.1) is 0 Å². The number of carbonyl (C=O) groups excluding carboxylic acids is 1. The van der Waals surface area contributed by atoms with E-state index in [2.05, 4.69) is 9.44 Å². The fourth-order valence-electron chi connectivity index (χ4n) is 3.05. The zero-order valence-corrected chi connectivity index (χ0v) is 15.7. The summed E-state index contributed by atoms with van der Waals surface area (Å²) in [5.74, 6) is -1.59. The maximum atomic E-state index is 12.9. The van der Waals surface area contributed by atoms with Gasteiger partial charge in [-0.1, -0.05) is 30.3 Å². The van der Waals surface area contributed by atoms with Crippen LogP contribution in [-0.4, -0.2) is 55.0 Å². The van der Waals surface area contributed by atoms with Crippen LogP contribution in [0.25, 0.3) is 0 Å². The third kappa shape index (κ3) is 5.52. The average molecular weight is 383 g/mol. The van der Waals surface area contributed by atoms with Gasteiger partial charge in [0.25, 0.3) is 10.2 Å². The molecule has 0 aromatic heterocycles. The molecule has 0 radical (unpaired) electrons. The third-order valence-electron chi connectivity index (χ3n) is 4.09. The summed E-state index contributed by atoms with van der Waals surface area (Å²) < 4.78 is 29.3. The van der Waals surface area contributed by atoms with Gasteiger partial charge in [0.1, 0.15) is 12.1 Å². The molecule has 144 valence electrons. The molecule has 1 aromatic rings. The first-order valence-electron chi connectivity index (χ1n) is 8.56. The Hall–Kier alpha value is -1.97. The molecule has 8 nitrogen and oxygen atoms in total. The van der Waals surface area contributed by atoms with Gasteiger partial charge in [-0.05, 0) is 38.7 Å². The molecule has 9 heteroatoms. The zero-order valence-electron chi connectivity index (χ0n) is 14.9. The van der Waals surface area contributed by atoms with Crippen LogP contribution in [0.5, 0.6) is 0 Å². The molecule has 26 heavy (non-hydrogen) atoms. The SMILES string of the molecule is CC(C)NS(=O)(=O)N[C@H](Cc1ccccc1)C(=O)N1CCCC1C(=O)O. The lowest BCUT2D eigenvalue weighted by atomic mass is 10.1. The van der Waals surface area contributed by atoms with Gasteiger partial charge in [0, 0.05) is 12.6 Å². The van der Waals surface area contributed by atoms with Gasteiger partial charge in [-0.15, -0.1) is 0 Å². The molecule has 0 spiro atoms. The predicted octanol–water partition coefficient (Wildman–Crippen LogP) is 0.506. The van der Waals surface area contributed by atoms with E-state index in [1.807, 2.05) is 6.07 Å². The Labute approximate surface area is 153 Å². The number of hydrogen-bond donors (Lipinski definition) is 3. The summed E-state index contributed by atoms with van der Waals surface area (Å²) in [7, 11) is -3.91. The van der Waals surface area contributed by atoms with Crippen molar-refractivity contribution in [2.45, 2.75) is 51.2 Å². The number of amides is 1. The quantitative estimate of drug-likeness (QED) is 0.605. The normalized spacial score (nSPS) is 18.9. The molecule has 1 aliphatic rings. The second-order valence-electron chi connectivity index (χ2n) is 6.66. The second kappa shape index (κ2) is 8.61. The van der Waals surface area contributed by atoms with E-state index in [1.54, 1.807) is 38.1 Å². The molecular weight excluding hydrogens is 358 g/mol. The Morgan fingerprint density at radius 2 is 1.88 bits per heavy atom. The number of likely N-dealkylation sites (tertiary alicyclic amines) is 1. The lowest BCUT2D eigenvalue weighted by Gasteiger charge is -2.27. The van der Waals surface area contributed by atoms with E-state index < -0.39 is 34.2 Å². The first kappa shape index (κ1) is 20.3. The van der Waals surface area contributed by atoms with E-state index in [0.29, 0.717) is 19.4 Å². The monoisotopic (exact) mass is 383 g/mol. The number of aliphatic carboxylic acids is 1. The summed E-state index contributed by atoms with van der Waals surface area (Å²) >= 11 is 0. The number of carboxylic acid groups (broad SMARTS) is 1. The number of nitrogens with zero attached hydrogens (tertiary/aromatic N) is 1. The Morgan fingerprint density at radius 1 is 1.23 bits per heavy atom. The minimum atomic E-state index is -3.91. The van der Waals surface area contributed by atoms with Crippen LogP contribution in [-0.2, 0) is 26.2 Å². The van der Waals surface area contributed by atoms with Crippen LogP contribution >= 0.6 is 0 Å². The largest absolute Gasteiger partial charge is 0.480 e. The van der Waals surface area contributed by atoms with E-state index in [0.717, 1.165) is 5.56 Å². The standard InChI is InChI=1S/C17H25N3O5S/c1-12(2)18-26(24,25)19-14(11-13-7-4-3-5-8-13)16(21)20-10-6-9-15(20)17(22)23/h3-5,7-8,12,14-15,18-19H,6,9-11H2,1-2H3,(H,22,23)/t14-,15?/m1/s1. The van der Waals surface area contributed by atoms with Crippen molar-refractivity contribution in [1.29, 1.82) is 0 Å². The Balaban J connectivity index is 2.24. The van der Waals surface area contributed by atoms with E-state index in [9.17, 15) is 23.1 Å². The van der Waals surface area contributed by atoms with Crippen molar-refractivity contribution in [3.05, 3.63) is 35.9 Å². The van der Waals surface area contributed by atoms with Crippen LogP contribution in [0.1, 0.15) is 32.3 Å². The van der Waals surface area contributed by atoms with Crippen molar-refractivity contribution in [2.75, 3.05) is 6.54 Å². The van der Waals surface area contributed by atoms with Crippen LogP contribution in [0.2, 0.25) is 0 Å². The van der Waals surface area contributed by atoms with Gasteiger partial charge in [-0.25, -0.2) is 4.79 Å². The van der Waals surface area contributed by atoms with Crippen molar-refractivity contribution in [3.63, 3.8) is 0 Å². The topological polar surface area (TPSA) is 116 Å². The molecule has 1 aromatic carbocycles. The molecule has 0 bridgehead atoms. The van der Waals surface area contributed by atoms with Crippen LogP contribution in [0.3, 0.4) is 0 Å². The maximum absolute atomic E-state index is 12.9. The van der Waals surface area contributed by atoms with Gasteiger partial charge >= 0.3 is 5.97 Å². The summed E-state index contributed by atoms with van der Waals surface area (Å²) in [4.78, 5) is 25.6. The molecule has 0 saturated carbocycles. The van der Waals surface area contributed by atoms with Gasteiger partial charge in [0.05, 0.1) is 0 Å². The molecule has 1 saturated heterocycles. The summed E-state index contributed by atoms with van der Waals surface area (Å²) in [6.45, 7) is 3.66. The lowest BCUT2D eigenvalue weighted by Crippen LogP contribution is -2.55. The van der Waals surface area contributed by atoms with Gasteiger partial charge in [-0.3, -0.25) is 4.79 Å². The number of nitrogens with one attached hydrogen (secondary N) is 2. The first-order valence-corrected chi connectivity index (χ1v) is 10.0. The number of hydrogen-bond acceptors (Lipinski definition) is 4. The number of carbonyl (C=O) groups is 2. The van der Waals surface area contributed by atoms with Gasteiger partial charge in [0.15, 0.2) is 0 Å². The summed E-state index contributed by atoms with van der Waals surface area (Å²) in [6.07, 6.45) is 1.09. The third-order valence-corrected chi connectivity index (χ3v) is 5.47. The summed E-state index contributed by atoms with van der Waals surface area (Å²) in [6, 6.07) is 6.69. The second-order valence-corrected chi connectivity index (χ2v) is 8.14. The highest BCUT2D eigenvalue weighted by molar-refractivity contribution is 7.87. The van der Waals surface area contributed by atoms with Gasteiger partial charge < -0.3 is 10.0 Å². The number of carboxylic acids is 1. The number of rotatable bonds is 8. The van der Waals surface area contributed by atoms with Gasteiger partial charge in [-0.2, -0.15) is 17.9 Å². The molecule has 1 heterocycles. The zero-order chi connectivity index (χ0) is 19.3. The molecule has 1 aliphatic heterocycles. The molecule has 2 rings (SSSR count). The molecule has 3 N–H and O–H groups in total. The molecule has 0 aliphatic carbocycles. The van der Waals surface area contributed by atoms with Crippen LogP contribution in [0.4, 0.5) is 0 Å². The lowest BCUT2D eigenvalue weighted by molar-refractivity contribution is -0.148. The van der Waals surface area contributed by atoms with Crippen molar-refractivity contribution in [3.8, 4) is 0 Å². The Kier molecular flexibility index (Phi) is 6.74. The minimum Gasteiger partial charge on any atom is -0.480 e. The maximum Gasteiger partial charge on any atom is 0.326 e. The first-order chi connectivity index (χ1) is 12.2. The van der Waals surface area contributed by atoms with E-state index in [1.165, 1.54) is 4.90 Å².